The number of hydrogen-bond donors (Lipinski definition) is 2. The molecule has 0 spiro atoms. The van der Waals surface area contributed by atoms with E-state index in [1.54, 1.807) is 16.4 Å². The van der Waals surface area contributed by atoms with E-state index in [9.17, 15) is 4.79 Å². The van der Waals surface area contributed by atoms with Gasteiger partial charge in [-0.2, -0.15) is 5.10 Å². The van der Waals surface area contributed by atoms with Crippen molar-refractivity contribution in [2.45, 2.75) is 32.1 Å². The molecule has 1 aromatic heterocycles. The van der Waals surface area contributed by atoms with Gasteiger partial charge in [0.2, 0.25) is 0 Å². The molecule has 1 amide bonds. The summed E-state index contributed by atoms with van der Waals surface area (Å²) in [4.78, 5) is 16.8. The zero-order valence-corrected chi connectivity index (χ0v) is 17.7. The number of aromatic nitrogens is 3. The van der Waals surface area contributed by atoms with Crippen molar-refractivity contribution >= 4 is 45.3 Å². The summed E-state index contributed by atoms with van der Waals surface area (Å²) in [5, 5.41) is 17.2. The SMILES string of the molecule is CC[C@H]1CN=C(Nc2ccc(/C(C)=N\NC(=O)Cn3nnc4ccccc43)cc2)S1. The van der Waals surface area contributed by atoms with Gasteiger partial charge in [-0.3, -0.25) is 9.79 Å². The van der Waals surface area contributed by atoms with Gasteiger partial charge in [0.1, 0.15) is 12.1 Å². The largest absolute Gasteiger partial charge is 0.335 e. The third-order valence-corrected chi connectivity index (χ3v) is 6.06. The lowest BCUT2D eigenvalue weighted by Crippen LogP contribution is -2.24. The Balaban J connectivity index is 1.33. The minimum absolute atomic E-state index is 0.0542. The summed E-state index contributed by atoms with van der Waals surface area (Å²) >= 11 is 1.79. The molecular formula is C21H23N7OS. The van der Waals surface area contributed by atoms with E-state index in [1.165, 1.54) is 0 Å². The Morgan fingerprint density at radius 1 is 1.23 bits per heavy atom. The Kier molecular flexibility index (Phi) is 6.08. The topological polar surface area (TPSA) is 96.6 Å². The van der Waals surface area contributed by atoms with E-state index in [4.69, 9.17) is 0 Å². The molecule has 1 aliphatic heterocycles. The van der Waals surface area contributed by atoms with Crippen molar-refractivity contribution in [2.24, 2.45) is 10.1 Å². The number of hydrazone groups is 1. The van der Waals surface area contributed by atoms with Crippen molar-refractivity contribution in [2.75, 3.05) is 11.9 Å². The molecule has 1 aliphatic rings. The van der Waals surface area contributed by atoms with Gasteiger partial charge in [-0.15, -0.1) is 5.10 Å². The van der Waals surface area contributed by atoms with Crippen LogP contribution in [0.3, 0.4) is 0 Å². The molecule has 2 N–H and O–H groups in total. The molecule has 3 aromatic rings. The van der Waals surface area contributed by atoms with Crippen LogP contribution in [0.5, 0.6) is 0 Å². The average Bonchev–Trinajstić information content (AvgIpc) is 3.39. The van der Waals surface area contributed by atoms with E-state index in [0.29, 0.717) is 5.25 Å². The zero-order valence-electron chi connectivity index (χ0n) is 16.9. The summed E-state index contributed by atoms with van der Waals surface area (Å²) in [5.74, 6) is -0.259. The molecule has 30 heavy (non-hydrogen) atoms. The molecule has 154 valence electrons. The highest BCUT2D eigenvalue weighted by Crippen LogP contribution is 2.24. The van der Waals surface area contributed by atoms with Crippen LogP contribution in [0.1, 0.15) is 25.8 Å². The van der Waals surface area contributed by atoms with Gasteiger partial charge in [0.05, 0.1) is 17.8 Å². The van der Waals surface area contributed by atoms with Crippen molar-refractivity contribution in [1.82, 2.24) is 20.4 Å². The van der Waals surface area contributed by atoms with Crippen molar-refractivity contribution in [1.29, 1.82) is 0 Å². The van der Waals surface area contributed by atoms with E-state index in [1.807, 2.05) is 55.5 Å². The van der Waals surface area contributed by atoms with Crippen molar-refractivity contribution in [3.8, 4) is 0 Å². The number of nitrogens with one attached hydrogen (secondary N) is 2. The maximum absolute atomic E-state index is 12.3. The second kappa shape index (κ2) is 9.08. The van der Waals surface area contributed by atoms with Gasteiger partial charge in [0.15, 0.2) is 5.17 Å². The number of rotatable bonds is 6. The van der Waals surface area contributed by atoms with E-state index in [-0.39, 0.29) is 12.5 Å². The number of benzene rings is 2. The first-order valence-corrected chi connectivity index (χ1v) is 10.7. The quantitative estimate of drug-likeness (QED) is 0.470. The first kappa shape index (κ1) is 20.1. The number of nitrogens with zero attached hydrogens (tertiary/aromatic N) is 5. The zero-order chi connectivity index (χ0) is 20.9. The van der Waals surface area contributed by atoms with Crippen LogP contribution in [0.15, 0.2) is 58.6 Å². The summed E-state index contributed by atoms with van der Waals surface area (Å²) in [6, 6.07) is 15.4. The molecule has 0 radical (unpaired) electrons. The van der Waals surface area contributed by atoms with E-state index >= 15 is 0 Å². The lowest BCUT2D eigenvalue weighted by Gasteiger charge is -2.08. The molecule has 0 bridgehead atoms. The van der Waals surface area contributed by atoms with Gasteiger partial charge in [-0.05, 0) is 43.2 Å². The number of anilines is 1. The third kappa shape index (κ3) is 4.68. The molecule has 0 fully saturated rings. The summed E-state index contributed by atoms with van der Waals surface area (Å²) in [7, 11) is 0. The minimum atomic E-state index is -0.259. The minimum Gasteiger partial charge on any atom is -0.335 e. The molecule has 0 saturated carbocycles. The first-order valence-electron chi connectivity index (χ1n) is 9.82. The Labute approximate surface area is 178 Å². The number of carbonyl (C=O) groups excluding carboxylic acids is 1. The Bertz CT molecular complexity index is 1100. The van der Waals surface area contributed by atoms with Crippen molar-refractivity contribution in [3.05, 3.63) is 54.1 Å². The molecular weight excluding hydrogens is 398 g/mol. The summed E-state index contributed by atoms with van der Waals surface area (Å²) < 4.78 is 1.56. The van der Waals surface area contributed by atoms with Crippen LogP contribution in [-0.4, -0.2) is 43.6 Å². The summed E-state index contributed by atoms with van der Waals surface area (Å²) in [6.07, 6.45) is 1.12. The fourth-order valence-electron chi connectivity index (χ4n) is 3.03. The normalized spacial score (nSPS) is 16.5. The first-order chi connectivity index (χ1) is 14.6. The van der Waals surface area contributed by atoms with Crippen LogP contribution >= 0.6 is 11.8 Å². The van der Waals surface area contributed by atoms with Gasteiger partial charge < -0.3 is 5.32 Å². The molecule has 9 heteroatoms. The van der Waals surface area contributed by atoms with E-state index < -0.39 is 0 Å². The predicted molar refractivity (Wildman–Crippen MR) is 122 cm³/mol. The van der Waals surface area contributed by atoms with Crippen LogP contribution in [0, 0.1) is 0 Å². The number of para-hydroxylation sites is 1. The summed E-state index contributed by atoms with van der Waals surface area (Å²) in [5.41, 5.74) is 6.79. The number of hydrogen-bond acceptors (Lipinski definition) is 7. The van der Waals surface area contributed by atoms with Gasteiger partial charge in [-0.25, -0.2) is 10.1 Å². The van der Waals surface area contributed by atoms with E-state index in [0.717, 1.165) is 46.1 Å². The average molecular weight is 422 g/mol. The van der Waals surface area contributed by atoms with Crippen LogP contribution in [0.4, 0.5) is 5.69 Å². The van der Waals surface area contributed by atoms with Crippen molar-refractivity contribution in [3.63, 3.8) is 0 Å². The second-order valence-corrected chi connectivity index (χ2v) is 8.25. The Morgan fingerprint density at radius 3 is 2.80 bits per heavy atom. The molecule has 0 aliphatic carbocycles. The highest BCUT2D eigenvalue weighted by atomic mass is 32.2. The fraction of sp³-hybridized carbons (Fsp3) is 0.286. The molecule has 8 nitrogen and oxygen atoms in total. The lowest BCUT2D eigenvalue weighted by molar-refractivity contribution is -0.121. The number of thioether (sulfide) groups is 1. The molecule has 4 rings (SSSR count). The number of fused-ring (bicyclic) bond motifs is 1. The second-order valence-electron chi connectivity index (χ2n) is 6.96. The van der Waals surface area contributed by atoms with Crippen LogP contribution in [0.2, 0.25) is 0 Å². The molecule has 0 saturated heterocycles. The number of amides is 1. The fourth-order valence-corrected chi connectivity index (χ4v) is 3.99. The maximum Gasteiger partial charge on any atom is 0.261 e. The Hall–Kier alpha value is -3.20. The molecule has 0 unspecified atom stereocenters. The van der Waals surface area contributed by atoms with Gasteiger partial charge in [0, 0.05) is 10.9 Å². The number of carbonyl (C=O) groups is 1. The Morgan fingerprint density at radius 2 is 2.03 bits per heavy atom. The van der Waals surface area contributed by atoms with Crippen LogP contribution in [0.25, 0.3) is 11.0 Å². The smallest absolute Gasteiger partial charge is 0.261 e. The van der Waals surface area contributed by atoms with Gasteiger partial charge in [-0.1, -0.05) is 48.2 Å². The van der Waals surface area contributed by atoms with Crippen LogP contribution in [-0.2, 0) is 11.3 Å². The third-order valence-electron chi connectivity index (χ3n) is 4.79. The van der Waals surface area contributed by atoms with E-state index in [2.05, 4.69) is 38.1 Å². The lowest BCUT2D eigenvalue weighted by atomic mass is 10.1. The van der Waals surface area contributed by atoms with Gasteiger partial charge >= 0.3 is 0 Å². The number of aliphatic imine (C=N–C) groups is 1. The molecule has 2 heterocycles. The predicted octanol–water partition coefficient (Wildman–Crippen LogP) is 3.27. The van der Waals surface area contributed by atoms with Crippen LogP contribution < -0.4 is 10.7 Å². The van der Waals surface area contributed by atoms with Crippen molar-refractivity contribution < 1.29 is 4.79 Å². The standard InChI is InChI=1S/C21H23N7OS/c1-3-17-12-22-21(30-17)23-16-10-8-15(9-11-16)14(2)24-26-20(29)13-28-19-7-5-4-6-18(19)25-27-28/h4-11,17H,3,12-13H2,1-2H3,(H,22,23)(H,26,29)/b24-14-/t17-/m0/s1. The highest BCUT2D eigenvalue weighted by Gasteiger charge is 2.17. The summed E-state index contributed by atoms with van der Waals surface area (Å²) in [6.45, 7) is 4.96. The number of amidine groups is 1. The maximum atomic E-state index is 12.3. The molecule has 1 atom stereocenters. The monoisotopic (exact) mass is 421 g/mol. The highest BCUT2D eigenvalue weighted by molar-refractivity contribution is 8.15. The molecule has 2 aromatic carbocycles. The van der Waals surface area contributed by atoms with Gasteiger partial charge in [0.25, 0.3) is 5.91 Å².